The van der Waals surface area contributed by atoms with Gasteiger partial charge in [-0.3, -0.25) is 0 Å². The SMILES string of the molecule is OCC1O[C@@H](O[C@@H]2C(CO)O[C@@H](O[C@@H]3C(CO)O[C@@H](O[C@@H]4C(CO)O[C@@H](O)[C@@H](O)C4O)[C@@H](O)C3O)[C@@H](O)C2O)[C@@H](O)C(O)[C@@H]1O. The molecule has 0 aromatic heterocycles. The zero-order valence-electron chi connectivity index (χ0n) is 23.5. The molecule has 0 aromatic carbocycles. The molecule has 0 aliphatic carbocycles. The third kappa shape index (κ3) is 7.44. The molecule has 264 valence electrons. The van der Waals surface area contributed by atoms with Crippen molar-refractivity contribution in [2.75, 3.05) is 26.4 Å². The third-order valence-electron chi connectivity index (χ3n) is 8.20. The summed E-state index contributed by atoms with van der Waals surface area (Å²) in [6, 6.07) is 0. The molecule has 20 atom stereocenters. The van der Waals surface area contributed by atoms with Crippen molar-refractivity contribution in [2.24, 2.45) is 0 Å². The largest absolute Gasteiger partial charge is 0.394 e. The molecule has 4 fully saturated rings. The van der Waals surface area contributed by atoms with E-state index in [0.29, 0.717) is 0 Å². The predicted molar refractivity (Wildman–Crippen MR) is 134 cm³/mol. The first-order valence-electron chi connectivity index (χ1n) is 14.1. The second-order valence-electron chi connectivity index (χ2n) is 11.1. The number of aliphatic hydroxyl groups is 14. The Labute approximate surface area is 254 Å². The van der Waals surface area contributed by atoms with Crippen molar-refractivity contribution in [3.8, 4) is 0 Å². The first kappa shape index (κ1) is 37.0. The maximum atomic E-state index is 10.9. The van der Waals surface area contributed by atoms with Crippen LogP contribution >= 0.6 is 0 Å². The summed E-state index contributed by atoms with van der Waals surface area (Å²) in [5.74, 6) is 0. The molecule has 4 aliphatic heterocycles. The zero-order valence-corrected chi connectivity index (χ0v) is 23.5. The standard InChI is InChI=1S/C24H42O21/c25-1-5-9(29)10(30)15(35)22(40-5)44-19-7(3-27)42-24(17(37)12(19)32)45-20-8(4-28)41-23(16(36)13(20)33)43-18-6(2-26)39-21(38)14(34)11(18)31/h5-38H,1-4H2/t5?,6?,7?,8?,9-,10?,11?,12?,13?,14+,15+,16+,17+,18-,19-,20-,21-,22+,23+,24+/m1/s1. The van der Waals surface area contributed by atoms with Crippen LogP contribution in [0.25, 0.3) is 0 Å². The maximum absolute atomic E-state index is 10.9. The minimum atomic E-state index is -2.02. The van der Waals surface area contributed by atoms with Crippen LogP contribution in [0.5, 0.6) is 0 Å². The number of hydrogen-bond acceptors (Lipinski definition) is 21. The fourth-order valence-electron chi connectivity index (χ4n) is 5.55. The molecule has 4 heterocycles. The van der Waals surface area contributed by atoms with Crippen LogP contribution in [-0.4, -0.2) is 221 Å². The van der Waals surface area contributed by atoms with Crippen LogP contribution in [0.15, 0.2) is 0 Å². The fraction of sp³-hybridized carbons (Fsp3) is 1.00. The maximum Gasteiger partial charge on any atom is 0.187 e. The summed E-state index contributed by atoms with van der Waals surface area (Å²) in [5.41, 5.74) is 0. The van der Waals surface area contributed by atoms with E-state index in [9.17, 15) is 71.5 Å². The van der Waals surface area contributed by atoms with Gasteiger partial charge in [-0.25, -0.2) is 0 Å². The molecule has 4 aliphatic rings. The highest BCUT2D eigenvalue weighted by Gasteiger charge is 2.55. The summed E-state index contributed by atoms with van der Waals surface area (Å²) in [6.45, 7) is -3.39. The van der Waals surface area contributed by atoms with Crippen molar-refractivity contribution < 1.29 is 105 Å². The number of ether oxygens (including phenoxy) is 7. The molecule has 0 aromatic rings. The van der Waals surface area contributed by atoms with Gasteiger partial charge in [-0.15, -0.1) is 0 Å². The molecular weight excluding hydrogens is 624 g/mol. The van der Waals surface area contributed by atoms with Crippen LogP contribution in [0, 0.1) is 0 Å². The lowest BCUT2D eigenvalue weighted by Crippen LogP contribution is -2.67. The van der Waals surface area contributed by atoms with E-state index < -0.39 is 149 Å². The van der Waals surface area contributed by atoms with Crippen molar-refractivity contribution in [1.29, 1.82) is 0 Å². The van der Waals surface area contributed by atoms with E-state index in [1.807, 2.05) is 0 Å². The Kier molecular flexibility index (Phi) is 12.8. The van der Waals surface area contributed by atoms with E-state index >= 15 is 0 Å². The summed E-state index contributed by atoms with van der Waals surface area (Å²) in [5, 5.41) is 142. The second-order valence-corrected chi connectivity index (χ2v) is 11.1. The lowest BCUT2D eigenvalue weighted by Gasteiger charge is -2.49. The fourth-order valence-corrected chi connectivity index (χ4v) is 5.55. The monoisotopic (exact) mass is 666 g/mol. The van der Waals surface area contributed by atoms with Crippen molar-refractivity contribution in [3.63, 3.8) is 0 Å². The van der Waals surface area contributed by atoms with Crippen LogP contribution in [0.2, 0.25) is 0 Å². The smallest absolute Gasteiger partial charge is 0.187 e. The first-order valence-corrected chi connectivity index (χ1v) is 14.1. The molecule has 0 bridgehead atoms. The van der Waals surface area contributed by atoms with Gasteiger partial charge in [-0.05, 0) is 0 Å². The van der Waals surface area contributed by atoms with Gasteiger partial charge in [-0.1, -0.05) is 0 Å². The quantitative estimate of drug-likeness (QED) is 0.103. The number of rotatable bonds is 10. The number of hydrogen-bond donors (Lipinski definition) is 14. The molecule has 21 nitrogen and oxygen atoms in total. The van der Waals surface area contributed by atoms with Crippen LogP contribution in [0.3, 0.4) is 0 Å². The third-order valence-corrected chi connectivity index (χ3v) is 8.20. The van der Waals surface area contributed by atoms with Gasteiger partial charge in [0, 0.05) is 0 Å². The van der Waals surface area contributed by atoms with Gasteiger partial charge in [0.25, 0.3) is 0 Å². The van der Waals surface area contributed by atoms with E-state index in [0.717, 1.165) is 0 Å². The van der Waals surface area contributed by atoms with Crippen molar-refractivity contribution in [2.45, 2.75) is 123 Å². The molecule has 0 saturated carbocycles. The van der Waals surface area contributed by atoms with Crippen molar-refractivity contribution >= 4 is 0 Å². The highest BCUT2D eigenvalue weighted by atomic mass is 16.8. The summed E-state index contributed by atoms with van der Waals surface area (Å²) in [4.78, 5) is 0. The van der Waals surface area contributed by atoms with Crippen molar-refractivity contribution in [3.05, 3.63) is 0 Å². The molecule has 8 unspecified atom stereocenters. The lowest BCUT2D eigenvalue weighted by molar-refractivity contribution is -0.387. The Morgan fingerprint density at radius 3 is 1.02 bits per heavy atom. The van der Waals surface area contributed by atoms with Crippen LogP contribution < -0.4 is 0 Å². The molecule has 14 N–H and O–H groups in total. The highest BCUT2D eigenvalue weighted by Crippen LogP contribution is 2.34. The number of aliphatic hydroxyl groups excluding tert-OH is 14. The Morgan fingerprint density at radius 1 is 0.333 bits per heavy atom. The average Bonchev–Trinajstić information content (AvgIpc) is 3.03. The summed E-state index contributed by atoms with van der Waals surface area (Å²) >= 11 is 0. The molecule has 21 heteroatoms. The van der Waals surface area contributed by atoms with Crippen LogP contribution in [0.1, 0.15) is 0 Å². The molecule has 4 saturated heterocycles. The molecular formula is C24H42O21. The normalized spacial score (nSPS) is 52.9. The second kappa shape index (κ2) is 15.6. The van der Waals surface area contributed by atoms with Gasteiger partial charge in [-0.2, -0.15) is 0 Å². The average molecular weight is 667 g/mol. The van der Waals surface area contributed by atoms with Gasteiger partial charge in [0.1, 0.15) is 97.7 Å². The summed E-state index contributed by atoms with van der Waals surface area (Å²) < 4.78 is 37.7. The van der Waals surface area contributed by atoms with Gasteiger partial charge in [0.05, 0.1) is 26.4 Å². The van der Waals surface area contributed by atoms with E-state index in [1.165, 1.54) is 0 Å². The predicted octanol–water partition coefficient (Wildman–Crippen LogP) is -9.75. The summed E-state index contributed by atoms with van der Waals surface area (Å²) in [6.07, 6.45) is -35.3. The van der Waals surface area contributed by atoms with Crippen LogP contribution in [-0.2, 0) is 33.2 Å². The minimum absolute atomic E-state index is 0.784. The van der Waals surface area contributed by atoms with E-state index in [-0.39, 0.29) is 0 Å². The Bertz CT molecular complexity index is 910. The molecule has 4 rings (SSSR count). The molecule has 0 spiro atoms. The Morgan fingerprint density at radius 2 is 0.644 bits per heavy atom. The van der Waals surface area contributed by atoms with Gasteiger partial charge >= 0.3 is 0 Å². The first-order chi connectivity index (χ1) is 21.3. The van der Waals surface area contributed by atoms with Crippen molar-refractivity contribution in [1.82, 2.24) is 0 Å². The molecule has 0 amide bonds. The zero-order chi connectivity index (χ0) is 33.3. The summed E-state index contributed by atoms with van der Waals surface area (Å²) in [7, 11) is 0. The van der Waals surface area contributed by atoms with E-state index in [4.69, 9.17) is 33.2 Å². The lowest BCUT2D eigenvalue weighted by atomic mass is 9.95. The van der Waals surface area contributed by atoms with Crippen LogP contribution in [0.4, 0.5) is 0 Å². The van der Waals surface area contributed by atoms with Gasteiger partial charge in [0.15, 0.2) is 25.2 Å². The molecule has 0 radical (unpaired) electrons. The van der Waals surface area contributed by atoms with Gasteiger partial charge in [0.2, 0.25) is 0 Å². The highest BCUT2D eigenvalue weighted by molar-refractivity contribution is 4.97. The van der Waals surface area contributed by atoms with Gasteiger partial charge < -0.3 is 105 Å². The minimum Gasteiger partial charge on any atom is -0.394 e. The topological polar surface area (TPSA) is 348 Å². The van der Waals surface area contributed by atoms with E-state index in [1.54, 1.807) is 0 Å². The van der Waals surface area contributed by atoms with E-state index in [2.05, 4.69) is 0 Å². The Hall–Kier alpha value is -0.840. The Balaban J connectivity index is 1.43. The molecule has 45 heavy (non-hydrogen) atoms.